The van der Waals surface area contributed by atoms with Crippen LogP contribution in [-0.4, -0.2) is 6.04 Å². The van der Waals surface area contributed by atoms with Crippen molar-refractivity contribution in [2.75, 3.05) is 0 Å². The van der Waals surface area contributed by atoms with Gasteiger partial charge in [-0.15, -0.1) is 0 Å². The van der Waals surface area contributed by atoms with E-state index >= 15 is 0 Å². The van der Waals surface area contributed by atoms with Crippen molar-refractivity contribution < 1.29 is 4.39 Å². The Bertz CT molecular complexity index is 429. The molecule has 0 radical (unpaired) electrons. The number of halogens is 2. The molecule has 1 aliphatic rings. The van der Waals surface area contributed by atoms with Crippen LogP contribution in [-0.2, 0) is 0 Å². The molecule has 2 unspecified atom stereocenters. The van der Waals surface area contributed by atoms with Gasteiger partial charge in [-0.2, -0.15) is 0 Å². The van der Waals surface area contributed by atoms with Crippen LogP contribution >= 0.6 is 11.6 Å². The lowest BCUT2D eigenvalue weighted by molar-refractivity contribution is 0.249. The molecule has 0 saturated heterocycles. The molecule has 1 aromatic rings. The number of hydrogen-bond acceptors (Lipinski definition) is 1. The van der Waals surface area contributed by atoms with Crippen LogP contribution in [0.5, 0.6) is 0 Å². The minimum absolute atomic E-state index is 0.208. The number of nitrogens with one attached hydrogen (secondary N) is 1. The lowest BCUT2D eigenvalue weighted by Crippen LogP contribution is -2.38. The number of benzene rings is 1. The third-order valence-corrected chi connectivity index (χ3v) is 4.86. The zero-order chi connectivity index (χ0) is 14.5. The van der Waals surface area contributed by atoms with E-state index in [0.29, 0.717) is 6.04 Å². The van der Waals surface area contributed by atoms with Gasteiger partial charge < -0.3 is 5.32 Å². The Kier molecular flexibility index (Phi) is 5.86. The van der Waals surface area contributed by atoms with Crippen LogP contribution < -0.4 is 5.32 Å². The highest BCUT2D eigenvalue weighted by Crippen LogP contribution is 2.29. The Labute approximate surface area is 126 Å². The molecule has 1 fully saturated rings. The average molecular weight is 298 g/mol. The van der Waals surface area contributed by atoms with E-state index in [0.717, 1.165) is 17.9 Å². The van der Waals surface area contributed by atoms with Crippen molar-refractivity contribution in [3.63, 3.8) is 0 Å². The molecule has 0 heterocycles. The van der Waals surface area contributed by atoms with Crippen LogP contribution in [0.25, 0.3) is 0 Å². The van der Waals surface area contributed by atoms with Crippen molar-refractivity contribution in [2.24, 2.45) is 5.92 Å². The van der Waals surface area contributed by atoms with Gasteiger partial charge in [0.05, 0.1) is 5.02 Å². The molecule has 0 spiro atoms. The summed E-state index contributed by atoms with van der Waals surface area (Å²) >= 11 is 5.87. The van der Waals surface area contributed by atoms with Crippen molar-refractivity contribution in [1.82, 2.24) is 5.32 Å². The van der Waals surface area contributed by atoms with Crippen molar-refractivity contribution in [3.8, 4) is 0 Å². The molecule has 1 aliphatic carbocycles. The predicted molar refractivity (Wildman–Crippen MR) is 83.6 cm³/mol. The molecule has 1 aromatic carbocycles. The summed E-state index contributed by atoms with van der Waals surface area (Å²) in [6.07, 6.45) is 7.92. The summed E-state index contributed by atoms with van der Waals surface area (Å²) in [5.74, 6) is 0.439. The highest BCUT2D eigenvalue weighted by atomic mass is 35.5. The first-order chi connectivity index (χ1) is 9.61. The first kappa shape index (κ1) is 15.8. The fraction of sp³-hybridized carbons (Fsp3) is 0.647. The molecule has 0 bridgehead atoms. The molecule has 3 heteroatoms. The van der Waals surface area contributed by atoms with Crippen LogP contribution in [0.3, 0.4) is 0 Å². The largest absolute Gasteiger partial charge is 0.307 e. The zero-order valence-electron chi connectivity index (χ0n) is 12.5. The minimum Gasteiger partial charge on any atom is -0.307 e. The smallest absolute Gasteiger partial charge is 0.141 e. The molecule has 112 valence electrons. The van der Waals surface area contributed by atoms with Crippen LogP contribution in [0.2, 0.25) is 5.02 Å². The van der Waals surface area contributed by atoms with E-state index in [2.05, 4.69) is 19.2 Å². The van der Waals surface area contributed by atoms with Crippen LogP contribution in [0.15, 0.2) is 18.2 Å². The second-order valence-corrected chi connectivity index (χ2v) is 6.38. The Morgan fingerprint density at radius 1 is 1.30 bits per heavy atom. The second-order valence-electron chi connectivity index (χ2n) is 5.97. The molecule has 0 aromatic heterocycles. The molecule has 1 saturated carbocycles. The zero-order valence-corrected chi connectivity index (χ0v) is 13.2. The Morgan fingerprint density at radius 3 is 2.60 bits per heavy atom. The van der Waals surface area contributed by atoms with E-state index in [1.165, 1.54) is 38.2 Å². The van der Waals surface area contributed by atoms with Gasteiger partial charge in [-0.05, 0) is 49.8 Å². The Hall–Kier alpha value is -0.600. The number of rotatable bonds is 5. The summed E-state index contributed by atoms with van der Waals surface area (Å²) in [6, 6.07) is 5.78. The predicted octanol–water partition coefficient (Wildman–Crippen LogP) is 5.49. The Balaban J connectivity index is 2.00. The SMILES string of the molecule is CCC(NC(C)c1ccc(F)c(Cl)c1)C1CCCCC1. The van der Waals surface area contributed by atoms with Crippen LogP contribution in [0.1, 0.15) is 64.0 Å². The van der Waals surface area contributed by atoms with Gasteiger partial charge in [-0.1, -0.05) is 43.9 Å². The van der Waals surface area contributed by atoms with E-state index in [4.69, 9.17) is 11.6 Å². The molecule has 1 N–H and O–H groups in total. The maximum atomic E-state index is 13.2. The van der Waals surface area contributed by atoms with Gasteiger partial charge in [0.1, 0.15) is 5.82 Å². The standard InChI is InChI=1S/C17H25ClFN/c1-3-17(13-7-5-4-6-8-13)20-12(2)14-9-10-16(19)15(18)11-14/h9-13,17,20H,3-8H2,1-2H3. The summed E-state index contributed by atoms with van der Waals surface area (Å²) in [4.78, 5) is 0. The van der Waals surface area contributed by atoms with Crippen molar-refractivity contribution in [2.45, 2.75) is 64.5 Å². The lowest BCUT2D eigenvalue weighted by atomic mass is 9.82. The third-order valence-electron chi connectivity index (χ3n) is 4.57. The monoisotopic (exact) mass is 297 g/mol. The van der Waals surface area contributed by atoms with Crippen molar-refractivity contribution >= 4 is 11.6 Å². The van der Waals surface area contributed by atoms with Gasteiger partial charge in [-0.3, -0.25) is 0 Å². The molecule has 2 rings (SSSR count). The maximum Gasteiger partial charge on any atom is 0.141 e. The third kappa shape index (κ3) is 3.95. The maximum absolute atomic E-state index is 13.2. The van der Waals surface area contributed by atoms with Gasteiger partial charge in [0, 0.05) is 12.1 Å². The van der Waals surface area contributed by atoms with E-state index in [-0.39, 0.29) is 16.9 Å². The van der Waals surface area contributed by atoms with Crippen molar-refractivity contribution in [3.05, 3.63) is 34.6 Å². The van der Waals surface area contributed by atoms with Gasteiger partial charge in [0.25, 0.3) is 0 Å². The first-order valence-electron chi connectivity index (χ1n) is 7.82. The average Bonchev–Trinajstić information content (AvgIpc) is 2.48. The fourth-order valence-electron chi connectivity index (χ4n) is 3.32. The molecule has 0 aliphatic heterocycles. The van der Waals surface area contributed by atoms with Crippen LogP contribution in [0.4, 0.5) is 4.39 Å². The minimum atomic E-state index is -0.345. The summed E-state index contributed by atoms with van der Waals surface area (Å²) < 4.78 is 13.2. The van der Waals surface area contributed by atoms with Gasteiger partial charge in [0.2, 0.25) is 0 Å². The normalized spacial score (nSPS) is 19.8. The highest BCUT2D eigenvalue weighted by Gasteiger charge is 2.23. The van der Waals surface area contributed by atoms with Gasteiger partial charge in [-0.25, -0.2) is 4.39 Å². The molecular weight excluding hydrogens is 273 g/mol. The van der Waals surface area contributed by atoms with Crippen LogP contribution in [0, 0.1) is 11.7 Å². The topological polar surface area (TPSA) is 12.0 Å². The van der Waals surface area contributed by atoms with E-state index in [1.54, 1.807) is 6.07 Å². The fourth-order valence-corrected chi connectivity index (χ4v) is 3.51. The second kappa shape index (κ2) is 7.42. The highest BCUT2D eigenvalue weighted by molar-refractivity contribution is 6.30. The first-order valence-corrected chi connectivity index (χ1v) is 8.20. The van der Waals surface area contributed by atoms with E-state index in [1.807, 2.05) is 6.07 Å². The van der Waals surface area contributed by atoms with Gasteiger partial charge in [0.15, 0.2) is 0 Å². The summed E-state index contributed by atoms with van der Waals surface area (Å²) in [6.45, 7) is 4.38. The van der Waals surface area contributed by atoms with E-state index in [9.17, 15) is 4.39 Å². The number of hydrogen-bond donors (Lipinski definition) is 1. The summed E-state index contributed by atoms with van der Waals surface area (Å²) in [5.41, 5.74) is 1.06. The summed E-state index contributed by atoms with van der Waals surface area (Å²) in [5, 5.41) is 3.93. The summed E-state index contributed by atoms with van der Waals surface area (Å²) in [7, 11) is 0. The quantitative estimate of drug-likeness (QED) is 0.758. The molecule has 0 amide bonds. The molecule has 2 atom stereocenters. The molecular formula is C17H25ClFN. The van der Waals surface area contributed by atoms with Crippen molar-refractivity contribution in [1.29, 1.82) is 0 Å². The van der Waals surface area contributed by atoms with Gasteiger partial charge >= 0.3 is 0 Å². The molecule has 1 nitrogen and oxygen atoms in total. The molecule has 20 heavy (non-hydrogen) atoms. The van der Waals surface area contributed by atoms with E-state index < -0.39 is 0 Å². The Morgan fingerprint density at radius 2 is 2.00 bits per heavy atom. The lowest BCUT2D eigenvalue weighted by Gasteiger charge is -2.32.